The summed E-state index contributed by atoms with van der Waals surface area (Å²) >= 11 is 4.68. The van der Waals surface area contributed by atoms with E-state index in [1.54, 1.807) is 19.1 Å². The van der Waals surface area contributed by atoms with Crippen LogP contribution in [0.2, 0.25) is 0 Å². The third-order valence-electron chi connectivity index (χ3n) is 2.51. The Hall–Kier alpha value is -0.280. The van der Waals surface area contributed by atoms with Crippen LogP contribution in [-0.2, 0) is 10.0 Å². The van der Waals surface area contributed by atoms with Crippen LogP contribution in [0.25, 0.3) is 0 Å². The van der Waals surface area contributed by atoms with Gasteiger partial charge in [0.2, 0.25) is 10.0 Å². The van der Waals surface area contributed by atoms with Gasteiger partial charge in [-0.2, -0.15) is 11.8 Å². The average Bonchev–Trinajstić information content (AvgIpc) is 2.37. The Morgan fingerprint density at radius 2 is 2.15 bits per heavy atom. The SMILES string of the molecule is COc1ccc(Br)cc1S(=O)(=O)NCC(C)(O)CSC. The summed E-state index contributed by atoms with van der Waals surface area (Å²) in [7, 11) is -2.34. The van der Waals surface area contributed by atoms with Gasteiger partial charge in [0.15, 0.2) is 0 Å². The topological polar surface area (TPSA) is 75.6 Å². The molecule has 0 aliphatic heterocycles. The van der Waals surface area contributed by atoms with Crippen molar-refractivity contribution in [2.75, 3.05) is 25.7 Å². The van der Waals surface area contributed by atoms with Crippen molar-refractivity contribution in [2.24, 2.45) is 0 Å². The Bertz CT molecular complexity index is 561. The van der Waals surface area contributed by atoms with E-state index in [1.807, 2.05) is 6.26 Å². The molecule has 0 bridgehead atoms. The van der Waals surface area contributed by atoms with Gasteiger partial charge in [0.1, 0.15) is 10.6 Å². The van der Waals surface area contributed by atoms with Crippen molar-refractivity contribution in [2.45, 2.75) is 17.4 Å². The van der Waals surface area contributed by atoms with Crippen LogP contribution in [0.5, 0.6) is 5.75 Å². The minimum atomic E-state index is -3.75. The van der Waals surface area contributed by atoms with E-state index < -0.39 is 15.6 Å². The van der Waals surface area contributed by atoms with Gasteiger partial charge >= 0.3 is 0 Å². The molecule has 0 spiro atoms. The minimum Gasteiger partial charge on any atom is -0.495 e. The van der Waals surface area contributed by atoms with Crippen LogP contribution in [0.3, 0.4) is 0 Å². The van der Waals surface area contributed by atoms with Gasteiger partial charge in [-0.3, -0.25) is 0 Å². The van der Waals surface area contributed by atoms with Gasteiger partial charge in [0.05, 0.1) is 12.7 Å². The Labute approximate surface area is 132 Å². The first-order valence-electron chi connectivity index (χ1n) is 5.76. The number of rotatable bonds is 7. The van der Waals surface area contributed by atoms with Gasteiger partial charge in [-0.1, -0.05) is 15.9 Å². The van der Waals surface area contributed by atoms with Gasteiger partial charge in [0, 0.05) is 16.8 Å². The molecular weight excluding hydrogens is 366 g/mol. The number of thioether (sulfide) groups is 1. The molecule has 1 aromatic rings. The van der Waals surface area contributed by atoms with Crippen molar-refractivity contribution in [1.29, 1.82) is 0 Å². The molecule has 114 valence electrons. The molecule has 0 fully saturated rings. The summed E-state index contributed by atoms with van der Waals surface area (Å²) in [6.07, 6.45) is 1.85. The van der Waals surface area contributed by atoms with E-state index in [9.17, 15) is 13.5 Å². The molecule has 0 radical (unpaired) electrons. The zero-order chi connectivity index (χ0) is 15.4. The van der Waals surface area contributed by atoms with Crippen LogP contribution in [-0.4, -0.2) is 44.8 Å². The first-order chi connectivity index (χ1) is 9.22. The highest BCUT2D eigenvalue weighted by Gasteiger charge is 2.25. The number of ether oxygens (including phenoxy) is 1. The van der Waals surface area contributed by atoms with Crippen molar-refractivity contribution in [3.8, 4) is 5.75 Å². The number of hydrogen-bond donors (Lipinski definition) is 2. The second-order valence-electron chi connectivity index (χ2n) is 4.55. The predicted octanol–water partition coefficient (Wildman–Crippen LogP) is 1.85. The van der Waals surface area contributed by atoms with Gasteiger partial charge in [-0.05, 0) is 31.4 Å². The molecule has 1 unspecified atom stereocenters. The molecule has 0 saturated carbocycles. The van der Waals surface area contributed by atoms with Gasteiger partial charge in [-0.15, -0.1) is 0 Å². The number of aliphatic hydroxyl groups is 1. The minimum absolute atomic E-state index is 0.0364. The molecular formula is C12H18BrNO4S2. The third kappa shape index (κ3) is 4.92. The second kappa shape index (κ2) is 7.13. The fourth-order valence-corrected chi connectivity index (χ4v) is 4.14. The summed E-state index contributed by atoms with van der Waals surface area (Å²) in [5, 5.41) is 10.0. The van der Waals surface area contributed by atoms with Crippen molar-refractivity contribution in [1.82, 2.24) is 4.72 Å². The van der Waals surface area contributed by atoms with E-state index in [4.69, 9.17) is 4.74 Å². The van der Waals surface area contributed by atoms with Gasteiger partial charge < -0.3 is 9.84 Å². The molecule has 8 heteroatoms. The number of halogens is 1. The highest BCUT2D eigenvalue weighted by Crippen LogP contribution is 2.27. The molecule has 0 saturated heterocycles. The van der Waals surface area contributed by atoms with Crippen LogP contribution in [0.15, 0.2) is 27.6 Å². The quantitative estimate of drug-likeness (QED) is 0.751. The van der Waals surface area contributed by atoms with Crippen LogP contribution >= 0.6 is 27.7 Å². The molecule has 5 nitrogen and oxygen atoms in total. The molecule has 0 heterocycles. The molecule has 1 rings (SSSR count). The van der Waals surface area contributed by atoms with Crippen LogP contribution in [0.4, 0.5) is 0 Å². The fourth-order valence-electron chi connectivity index (χ4n) is 1.55. The first-order valence-corrected chi connectivity index (χ1v) is 9.43. The van der Waals surface area contributed by atoms with Crippen molar-refractivity contribution < 1.29 is 18.3 Å². The summed E-state index contributed by atoms with van der Waals surface area (Å²) in [6, 6.07) is 4.73. The molecule has 0 aliphatic rings. The van der Waals surface area contributed by atoms with Crippen LogP contribution < -0.4 is 9.46 Å². The molecule has 0 aromatic heterocycles. The lowest BCUT2D eigenvalue weighted by molar-refractivity contribution is 0.0908. The summed E-state index contributed by atoms with van der Waals surface area (Å²) < 4.78 is 32.7. The molecule has 2 N–H and O–H groups in total. The smallest absolute Gasteiger partial charge is 0.244 e. The second-order valence-corrected chi connectivity index (χ2v) is 8.07. The number of hydrogen-bond acceptors (Lipinski definition) is 5. The lowest BCUT2D eigenvalue weighted by Gasteiger charge is -2.22. The zero-order valence-corrected chi connectivity index (χ0v) is 14.7. The highest BCUT2D eigenvalue weighted by molar-refractivity contribution is 9.10. The summed E-state index contributed by atoms with van der Waals surface area (Å²) in [4.78, 5) is 0.0364. The van der Waals surface area contributed by atoms with Gasteiger partial charge in [-0.25, -0.2) is 13.1 Å². The lowest BCUT2D eigenvalue weighted by atomic mass is 10.1. The Morgan fingerprint density at radius 1 is 1.50 bits per heavy atom. The Morgan fingerprint density at radius 3 is 2.70 bits per heavy atom. The average molecular weight is 384 g/mol. The maximum absolute atomic E-state index is 12.3. The fraction of sp³-hybridized carbons (Fsp3) is 0.500. The van der Waals surface area contributed by atoms with E-state index in [1.165, 1.54) is 24.9 Å². The van der Waals surface area contributed by atoms with E-state index >= 15 is 0 Å². The van der Waals surface area contributed by atoms with E-state index in [2.05, 4.69) is 20.7 Å². The van der Waals surface area contributed by atoms with Crippen molar-refractivity contribution in [3.05, 3.63) is 22.7 Å². The van der Waals surface area contributed by atoms with E-state index in [0.29, 0.717) is 10.2 Å². The maximum atomic E-state index is 12.3. The number of methoxy groups -OCH3 is 1. The Balaban J connectivity index is 2.97. The van der Waals surface area contributed by atoms with Crippen LogP contribution in [0.1, 0.15) is 6.92 Å². The Kier molecular flexibility index (Phi) is 6.33. The summed E-state index contributed by atoms with van der Waals surface area (Å²) in [6.45, 7) is 1.52. The summed E-state index contributed by atoms with van der Waals surface area (Å²) in [5.74, 6) is 0.690. The molecule has 20 heavy (non-hydrogen) atoms. The highest BCUT2D eigenvalue weighted by atomic mass is 79.9. The number of benzene rings is 1. The largest absolute Gasteiger partial charge is 0.495 e. The lowest BCUT2D eigenvalue weighted by Crippen LogP contribution is -2.42. The van der Waals surface area contributed by atoms with Crippen molar-refractivity contribution in [3.63, 3.8) is 0 Å². The molecule has 1 atom stereocenters. The van der Waals surface area contributed by atoms with Crippen LogP contribution in [0, 0.1) is 0 Å². The first kappa shape index (κ1) is 17.8. The predicted molar refractivity (Wildman–Crippen MR) is 84.9 cm³/mol. The summed E-state index contributed by atoms with van der Waals surface area (Å²) in [5.41, 5.74) is -1.11. The normalized spacial score (nSPS) is 14.8. The molecule has 0 amide bonds. The number of sulfonamides is 1. The van der Waals surface area contributed by atoms with E-state index in [0.717, 1.165) is 0 Å². The molecule has 1 aromatic carbocycles. The zero-order valence-electron chi connectivity index (χ0n) is 11.5. The standard InChI is InChI=1S/C12H18BrNO4S2/c1-12(15,8-19-3)7-14-20(16,17)11-6-9(13)4-5-10(11)18-2/h4-6,14-15H,7-8H2,1-3H3. The van der Waals surface area contributed by atoms with E-state index in [-0.39, 0.29) is 17.2 Å². The maximum Gasteiger partial charge on any atom is 0.244 e. The van der Waals surface area contributed by atoms with Crippen molar-refractivity contribution >= 4 is 37.7 Å². The van der Waals surface area contributed by atoms with Gasteiger partial charge in [0.25, 0.3) is 0 Å². The monoisotopic (exact) mass is 383 g/mol. The number of nitrogens with one attached hydrogen (secondary N) is 1. The molecule has 0 aliphatic carbocycles. The third-order valence-corrected chi connectivity index (χ3v) is 5.34.